The maximum absolute atomic E-state index is 12.9. The summed E-state index contributed by atoms with van der Waals surface area (Å²) >= 11 is 0. The van der Waals surface area contributed by atoms with Crippen LogP contribution >= 0.6 is 0 Å². The molecule has 0 bridgehead atoms. The number of nitrogens with zero attached hydrogens (tertiary/aromatic N) is 2. The van der Waals surface area contributed by atoms with Crippen LogP contribution in [0.5, 0.6) is 5.75 Å². The monoisotopic (exact) mass is 743 g/mol. The molecular weight excluding hydrogens is 695 g/mol. The van der Waals surface area contributed by atoms with E-state index in [4.69, 9.17) is 4.74 Å². The molecule has 5 aromatic rings. The minimum Gasteiger partial charge on any atom is -0.506 e. The number of aromatic amines is 1. The number of benzene rings is 4. The summed E-state index contributed by atoms with van der Waals surface area (Å²) in [5.41, 5.74) is 5.69. The quantitative estimate of drug-likeness (QED) is 0.0862. The fourth-order valence-corrected chi connectivity index (χ4v) is 8.10. The minimum atomic E-state index is -0.856. The number of hydrogen-bond acceptors (Lipinski definition) is 8. The van der Waals surface area contributed by atoms with Crippen LogP contribution in [0.1, 0.15) is 42.1 Å². The van der Waals surface area contributed by atoms with E-state index in [0.29, 0.717) is 54.2 Å². The summed E-state index contributed by atoms with van der Waals surface area (Å²) in [5, 5.41) is 27.6. The highest BCUT2D eigenvalue weighted by Gasteiger charge is 2.42. The molecule has 1 saturated heterocycles. The molecule has 4 aromatic carbocycles. The predicted octanol–water partition coefficient (Wildman–Crippen LogP) is 6.07. The molecule has 2 unspecified atom stereocenters. The number of aliphatic hydroxyl groups is 1. The number of amides is 2. The van der Waals surface area contributed by atoms with Gasteiger partial charge in [-0.25, -0.2) is 4.79 Å². The fourth-order valence-electron chi connectivity index (χ4n) is 8.10. The third-order valence-electron chi connectivity index (χ3n) is 11.0. The van der Waals surface area contributed by atoms with Crippen LogP contribution in [0.2, 0.25) is 0 Å². The number of phenols is 1. The smallest absolute Gasteiger partial charge is 0.411 e. The number of hydrogen-bond donors (Lipinski definition) is 5. The SMILES string of the molecule is CN(CCNCC(O)c1ccc(O)c2[nH]c(=O)ccc12)C(=O)CCc1ccc(CN2C[C@H]3CC(OC(=O)Nc4ccccc4-c4ccccc4)C[C@H]3C2)cc1. The zero-order valence-electron chi connectivity index (χ0n) is 31.1. The Morgan fingerprint density at radius 3 is 2.38 bits per heavy atom. The number of anilines is 1. The number of rotatable bonds is 14. The Morgan fingerprint density at radius 1 is 0.909 bits per heavy atom. The minimum absolute atomic E-state index is 0.0508. The van der Waals surface area contributed by atoms with Crippen molar-refractivity contribution in [2.24, 2.45) is 11.8 Å². The lowest BCUT2D eigenvalue weighted by atomic mass is 10.0. The number of pyridine rings is 1. The molecule has 0 spiro atoms. The van der Waals surface area contributed by atoms with Gasteiger partial charge in [-0.05, 0) is 71.6 Å². The van der Waals surface area contributed by atoms with Gasteiger partial charge in [0.15, 0.2) is 0 Å². The van der Waals surface area contributed by atoms with E-state index in [1.165, 1.54) is 17.7 Å². The van der Waals surface area contributed by atoms with E-state index in [-0.39, 0.29) is 29.9 Å². The van der Waals surface area contributed by atoms with E-state index in [9.17, 15) is 24.6 Å². The maximum Gasteiger partial charge on any atom is 0.411 e. The highest BCUT2D eigenvalue weighted by molar-refractivity contribution is 5.91. The average Bonchev–Trinajstić information content (AvgIpc) is 3.74. The van der Waals surface area contributed by atoms with Gasteiger partial charge in [0, 0.05) is 69.8 Å². The van der Waals surface area contributed by atoms with Gasteiger partial charge in [0.2, 0.25) is 11.5 Å². The van der Waals surface area contributed by atoms with Crippen LogP contribution in [0.25, 0.3) is 22.0 Å². The van der Waals surface area contributed by atoms with Gasteiger partial charge in [0.1, 0.15) is 11.9 Å². The van der Waals surface area contributed by atoms with Gasteiger partial charge >= 0.3 is 6.09 Å². The zero-order chi connectivity index (χ0) is 38.3. The number of para-hydroxylation sites is 1. The van der Waals surface area contributed by atoms with Crippen LogP contribution < -0.4 is 16.2 Å². The molecule has 1 saturated carbocycles. The summed E-state index contributed by atoms with van der Waals surface area (Å²) in [4.78, 5) is 44.2. The summed E-state index contributed by atoms with van der Waals surface area (Å²) in [6.45, 7) is 4.12. The van der Waals surface area contributed by atoms with E-state index in [2.05, 4.69) is 44.8 Å². The van der Waals surface area contributed by atoms with Crippen LogP contribution in [0.15, 0.2) is 108 Å². The van der Waals surface area contributed by atoms with Crippen molar-refractivity contribution in [1.82, 2.24) is 20.1 Å². The fraction of sp³-hybridized carbons (Fsp3) is 0.341. The summed E-state index contributed by atoms with van der Waals surface area (Å²) in [6.07, 6.45) is 1.51. The van der Waals surface area contributed by atoms with Crippen LogP contribution in [0.3, 0.4) is 0 Å². The average molecular weight is 744 g/mol. The molecule has 7 rings (SSSR count). The molecule has 11 heteroatoms. The second-order valence-electron chi connectivity index (χ2n) is 14.9. The number of likely N-dealkylation sites (N-methyl/N-ethyl adjacent to an activating group) is 1. The van der Waals surface area contributed by atoms with Gasteiger partial charge in [-0.1, -0.05) is 78.9 Å². The first-order valence-electron chi connectivity index (χ1n) is 19.1. The van der Waals surface area contributed by atoms with Crippen molar-refractivity contribution in [3.63, 3.8) is 0 Å². The lowest BCUT2D eigenvalue weighted by Crippen LogP contribution is -2.35. The number of carbonyl (C=O) groups is 2. The molecule has 5 N–H and O–H groups in total. The summed E-state index contributed by atoms with van der Waals surface area (Å²) in [7, 11) is 1.79. The van der Waals surface area contributed by atoms with Crippen molar-refractivity contribution < 1.29 is 24.5 Å². The molecule has 1 aliphatic carbocycles. The number of aromatic nitrogens is 1. The van der Waals surface area contributed by atoms with Gasteiger partial charge in [0.25, 0.3) is 0 Å². The first-order chi connectivity index (χ1) is 26.7. The zero-order valence-corrected chi connectivity index (χ0v) is 31.1. The molecule has 2 heterocycles. The van der Waals surface area contributed by atoms with E-state index in [1.54, 1.807) is 24.1 Å². The van der Waals surface area contributed by atoms with Crippen molar-refractivity contribution in [1.29, 1.82) is 0 Å². The number of aliphatic hydroxyl groups excluding tert-OH is 1. The second-order valence-corrected chi connectivity index (χ2v) is 14.9. The number of nitrogens with one attached hydrogen (secondary N) is 3. The van der Waals surface area contributed by atoms with Gasteiger partial charge < -0.3 is 30.2 Å². The van der Waals surface area contributed by atoms with Gasteiger partial charge in [-0.2, -0.15) is 0 Å². The van der Waals surface area contributed by atoms with Crippen LogP contribution in [-0.4, -0.2) is 82.9 Å². The molecule has 2 amide bonds. The van der Waals surface area contributed by atoms with Crippen molar-refractivity contribution in [3.05, 3.63) is 130 Å². The van der Waals surface area contributed by atoms with E-state index >= 15 is 0 Å². The lowest BCUT2D eigenvalue weighted by molar-refractivity contribution is -0.129. The molecule has 2 aliphatic rings. The van der Waals surface area contributed by atoms with Gasteiger partial charge in [-0.15, -0.1) is 0 Å². The number of H-pyrrole nitrogens is 1. The Morgan fingerprint density at radius 2 is 1.62 bits per heavy atom. The molecule has 0 radical (unpaired) electrons. The third-order valence-corrected chi connectivity index (χ3v) is 11.0. The molecule has 1 aliphatic heterocycles. The summed E-state index contributed by atoms with van der Waals surface area (Å²) in [5.74, 6) is 1.04. The van der Waals surface area contributed by atoms with E-state index in [1.807, 2.05) is 54.6 Å². The topological polar surface area (TPSA) is 147 Å². The second kappa shape index (κ2) is 17.3. The molecule has 1 aromatic heterocycles. The standard InChI is InChI=1S/C44H49N5O6/c1-48(22-21-45-25-40(51)36-16-18-39(50)43-37(36)17-19-41(52)47-43)42(53)20-15-29-11-13-30(14-12-29)26-49-27-32-23-34(24-33(32)28-49)55-44(54)46-38-10-6-5-9-35(38)31-7-3-2-4-8-31/h2-14,16-19,32-34,40,45,50-51H,15,20-28H2,1H3,(H,46,54)(H,47,52)/t32-,33+,34?,40?. The normalized spacial score (nSPS) is 18.5. The number of ether oxygens (including phenoxy) is 1. The maximum atomic E-state index is 12.9. The number of aryl methyl sites for hydroxylation is 1. The Hall–Kier alpha value is -5.49. The first kappa shape index (κ1) is 37.8. The molecule has 4 atom stereocenters. The lowest BCUT2D eigenvalue weighted by Gasteiger charge is -2.20. The number of likely N-dealkylation sites (tertiary alicyclic amines) is 1. The van der Waals surface area contributed by atoms with Crippen molar-refractivity contribution >= 4 is 28.6 Å². The molecule has 2 fully saturated rings. The Bertz CT molecular complexity index is 2140. The number of aromatic hydroxyl groups is 1. The molecule has 55 heavy (non-hydrogen) atoms. The molecule has 286 valence electrons. The largest absolute Gasteiger partial charge is 0.506 e. The summed E-state index contributed by atoms with van der Waals surface area (Å²) in [6, 6.07) is 32.4. The molecular formula is C44H49N5O6. The van der Waals surface area contributed by atoms with Crippen molar-refractivity contribution in [2.75, 3.05) is 45.1 Å². The van der Waals surface area contributed by atoms with Crippen LogP contribution in [0, 0.1) is 11.8 Å². The third kappa shape index (κ3) is 9.43. The Labute approximate surface area is 321 Å². The van der Waals surface area contributed by atoms with Crippen LogP contribution in [0.4, 0.5) is 10.5 Å². The first-order valence-corrected chi connectivity index (χ1v) is 19.1. The van der Waals surface area contributed by atoms with Gasteiger partial charge in [0.05, 0.1) is 17.3 Å². The van der Waals surface area contributed by atoms with Crippen LogP contribution in [-0.2, 0) is 22.5 Å². The summed E-state index contributed by atoms with van der Waals surface area (Å²) < 4.78 is 5.91. The highest BCUT2D eigenvalue weighted by Crippen LogP contribution is 2.40. The number of carbonyl (C=O) groups excluding carboxylic acids is 2. The Kier molecular flexibility index (Phi) is 11.9. The van der Waals surface area contributed by atoms with Crippen molar-refractivity contribution in [3.8, 4) is 16.9 Å². The van der Waals surface area contributed by atoms with Gasteiger partial charge in [-0.3, -0.25) is 19.8 Å². The predicted molar refractivity (Wildman–Crippen MR) is 214 cm³/mol. The van der Waals surface area contributed by atoms with Crippen molar-refractivity contribution in [2.45, 2.75) is 44.4 Å². The Balaban J connectivity index is 0.791. The highest BCUT2D eigenvalue weighted by atomic mass is 16.6. The number of fused-ring (bicyclic) bond motifs is 2. The van der Waals surface area contributed by atoms with E-state index in [0.717, 1.165) is 54.9 Å². The molecule has 11 nitrogen and oxygen atoms in total. The van der Waals surface area contributed by atoms with E-state index < -0.39 is 12.2 Å². The number of phenolic OH excluding ortho intramolecular Hbond substituents is 1.